The summed E-state index contributed by atoms with van der Waals surface area (Å²) in [4.78, 5) is 13.0. The minimum atomic E-state index is -3.51. The monoisotopic (exact) mass is 426 g/mol. The average molecular weight is 427 g/mol. The van der Waals surface area contributed by atoms with Crippen molar-refractivity contribution in [3.05, 3.63) is 52.7 Å². The maximum Gasteiger partial charge on any atom is 0.252 e. The third kappa shape index (κ3) is 5.16. The van der Waals surface area contributed by atoms with Crippen LogP contribution in [0.2, 0.25) is 0 Å². The van der Waals surface area contributed by atoms with Gasteiger partial charge < -0.3 is 10.1 Å². The highest BCUT2D eigenvalue weighted by Crippen LogP contribution is 2.26. The number of sulfonamides is 1. The second-order valence-electron chi connectivity index (χ2n) is 6.67. The van der Waals surface area contributed by atoms with Crippen molar-refractivity contribution in [3.63, 3.8) is 0 Å². The predicted molar refractivity (Wildman–Crippen MR) is 105 cm³/mol. The summed E-state index contributed by atoms with van der Waals surface area (Å²) in [6.45, 7) is 3.70. The minimum absolute atomic E-state index is 0.0406. The summed E-state index contributed by atoms with van der Waals surface area (Å²) in [6.07, 6.45) is 0.274. The van der Waals surface area contributed by atoms with Gasteiger partial charge in [-0.2, -0.15) is 4.31 Å². The zero-order chi connectivity index (χ0) is 20.1. The highest BCUT2D eigenvalue weighted by atomic mass is 32.2. The molecule has 1 aliphatic heterocycles. The maximum atomic E-state index is 13.0. The van der Waals surface area contributed by atoms with Gasteiger partial charge in [-0.15, -0.1) is 11.3 Å². The van der Waals surface area contributed by atoms with Crippen LogP contribution in [0.5, 0.6) is 0 Å². The quantitative estimate of drug-likeness (QED) is 0.739. The Morgan fingerprint density at radius 3 is 2.57 bits per heavy atom. The van der Waals surface area contributed by atoms with Crippen LogP contribution in [0.15, 0.2) is 40.6 Å². The van der Waals surface area contributed by atoms with Crippen LogP contribution < -0.4 is 5.32 Å². The highest BCUT2D eigenvalue weighted by Gasteiger charge is 2.27. The Hall–Kier alpha value is -1.81. The lowest BCUT2D eigenvalue weighted by Gasteiger charge is -2.25. The van der Waals surface area contributed by atoms with Gasteiger partial charge in [-0.1, -0.05) is 19.1 Å². The number of amides is 1. The number of thiophene rings is 1. The van der Waals surface area contributed by atoms with Gasteiger partial charge in [0.2, 0.25) is 5.91 Å². The molecule has 152 valence electrons. The van der Waals surface area contributed by atoms with Crippen molar-refractivity contribution in [2.75, 3.05) is 26.3 Å². The molecule has 6 nitrogen and oxygen atoms in total. The first-order chi connectivity index (χ1) is 13.4. The first kappa shape index (κ1) is 20.9. The molecule has 0 saturated carbocycles. The summed E-state index contributed by atoms with van der Waals surface area (Å²) in [5.74, 6) is -0.482. The van der Waals surface area contributed by atoms with Crippen LogP contribution in [0.1, 0.15) is 29.7 Å². The zero-order valence-electron chi connectivity index (χ0n) is 15.6. The van der Waals surface area contributed by atoms with Crippen molar-refractivity contribution in [1.29, 1.82) is 0 Å². The third-order valence-electron chi connectivity index (χ3n) is 4.59. The number of morpholine rings is 1. The van der Waals surface area contributed by atoms with Crippen LogP contribution in [0.25, 0.3) is 0 Å². The molecule has 1 atom stereocenters. The second kappa shape index (κ2) is 9.13. The molecular weight excluding hydrogens is 403 g/mol. The molecule has 1 aromatic carbocycles. The average Bonchev–Trinajstić information content (AvgIpc) is 3.17. The van der Waals surface area contributed by atoms with Gasteiger partial charge in [0.15, 0.2) is 0 Å². The van der Waals surface area contributed by atoms with Gasteiger partial charge in [-0.3, -0.25) is 4.79 Å². The number of carbonyl (C=O) groups excluding carboxylic acids is 1. The topological polar surface area (TPSA) is 75.7 Å². The molecule has 9 heteroatoms. The smallest absolute Gasteiger partial charge is 0.252 e. The lowest BCUT2D eigenvalue weighted by molar-refractivity contribution is -0.121. The highest BCUT2D eigenvalue weighted by molar-refractivity contribution is 7.91. The zero-order valence-corrected chi connectivity index (χ0v) is 17.2. The summed E-state index contributed by atoms with van der Waals surface area (Å²) in [5, 5.41) is 2.82. The number of hydrogen-bond donors (Lipinski definition) is 1. The molecule has 1 unspecified atom stereocenters. The molecule has 1 aromatic heterocycles. The van der Waals surface area contributed by atoms with E-state index in [4.69, 9.17) is 4.74 Å². The van der Waals surface area contributed by atoms with Crippen molar-refractivity contribution in [3.8, 4) is 0 Å². The summed E-state index contributed by atoms with van der Waals surface area (Å²) < 4.78 is 45.2. The van der Waals surface area contributed by atoms with Gasteiger partial charge in [0.1, 0.15) is 10.0 Å². The molecule has 1 amide bonds. The van der Waals surface area contributed by atoms with Crippen LogP contribution in [0, 0.1) is 5.82 Å². The van der Waals surface area contributed by atoms with E-state index in [1.165, 1.54) is 27.8 Å². The fraction of sp³-hybridized carbons (Fsp3) is 0.421. The Balaban J connectivity index is 1.53. The van der Waals surface area contributed by atoms with Crippen molar-refractivity contribution < 1.29 is 22.3 Å². The van der Waals surface area contributed by atoms with Gasteiger partial charge in [0.25, 0.3) is 10.0 Å². The Morgan fingerprint density at radius 2 is 1.89 bits per heavy atom. The molecule has 0 bridgehead atoms. The Bertz CT molecular complexity index is 906. The van der Waals surface area contributed by atoms with Gasteiger partial charge >= 0.3 is 0 Å². The van der Waals surface area contributed by atoms with E-state index in [1.54, 1.807) is 24.3 Å². The van der Waals surface area contributed by atoms with Crippen LogP contribution in [0.3, 0.4) is 0 Å². The maximum absolute atomic E-state index is 13.0. The number of benzene rings is 1. The third-order valence-corrected chi connectivity index (χ3v) is 8.04. The first-order valence-corrected chi connectivity index (χ1v) is 11.3. The van der Waals surface area contributed by atoms with Crippen molar-refractivity contribution >= 4 is 27.3 Å². The number of carbonyl (C=O) groups is 1. The molecule has 1 saturated heterocycles. The van der Waals surface area contributed by atoms with Gasteiger partial charge in [-0.05, 0) is 35.7 Å². The molecule has 0 radical (unpaired) electrons. The standard InChI is InChI=1S/C19H23FN2O4S2/c1-14(15-2-4-16(20)5-3-15)12-18(23)21-13-17-6-7-19(27-17)28(24,25)22-8-10-26-11-9-22/h2-7,14H,8-13H2,1H3,(H,21,23). The molecule has 1 fully saturated rings. The van der Waals surface area contributed by atoms with E-state index in [-0.39, 0.29) is 34.8 Å². The van der Waals surface area contributed by atoms with Gasteiger partial charge in [0.05, 0.1) is 19.8 Å². The normalized spacial score (nSPS) is 16.6. The lowest BCUT2D eigenvalue weighted by Crippen LogP contribution is -2.40. The van der Waals surface area contributed by atoms with Crippen LogP contribution in [-0.4, -0.2) is 44.9 Å². The molecule has 28 heavy (non-hydrogen) atoms. The SMILES string of the molecule is CC(CC(=O)NCc1ccc(S(=O)(=O)N2CCOCC2)s1)c1ccc(F)cc1. The lowest BCUT2D eigenvalue weighted by atomic mass is 9.97. The number of rotatable bonds is 7. The van der Waals surface area contributed by atoms with Gasteiger partial charge in [0, 0.05) is 24.4 Å². The summed E-state index contributed by atoms with van der Waals surface area (Å²) >= 11 is 1.17. The molecule has 2 heterocycles. The summed E-state index contributed by atoms with van der Waals surface area (Å²) in [5.41, 5.74) is 0.895. The van der Waals surface area contributed by atoms with Crippen molar-refractivity contribution in [2.24, 2.45) is 0 Å². The molecule has 1 N–H and O–H groups in total. The first-order valence-electron chi connectivity index (χ1n) is 9.05. The fourth-order valence-corrected chi connectivity index (χ4v) is 5.81. The molecule has 3 rings (SSSR count). The van der Waals surface area contributed by atoms with Crippen molar-refractivity contribution in [2.45, 2.75) is 30.0 Å². The van der Waals surface area contributed by atoms with Gasteiger partial charge in [-0.25, -0.2) is 12.8 Å². The van der Waals surface area contributed by atoms with E-state index in [0.717, 1.165) is 10.4 Å². The number of nitrogens with zero attached hydrogens (tertiary/aromatic N) is 1. The van der Waals surface area contributed by atoms with E-state index in [9.17, 15) is 17.6 Å². The molecular formula is C19H23FN2O4S2. The van der Waals surface area contributed by atoms with E-state index in [1.807, 2.05) is 6.92 Å². The number of ether oxygens (including phenoxy) is 1. The summed E-state index contributed by atoms with van der Waals surface area (Å²) in [6, 6.07) is 9.42. The fourth-order valence-electron chi connectivity index (χ4n) is 2.95. The number of nitrogens with one attached hydrogen (secondary N) is 1. The Kier molecular flexibility index (Phi) is 6.82. The number of halogens is 1. The van der Waals surface area contributed by atoms with Crippen LogP contribution in [-0.2, 0) is 26.1 Å². The largest absolute Gasteiger partial charge is 0.379 e. The van der Waals surface area contributed by atoms with E-state index >= 15 is 0 Å². The molecule has 0 aliphatic carbocycles. The van der Waals surface area contributed by atoms with Crippen LogP contribution in [0.4, 0.5) is 4.39 Å². The molecule has 2 aromatic rings. The van der Waals surface area contributed by atoms with E-state index in [0.29, 0.717) is 26.3 Å². The Morgan fingerprint density at radius 1 is 1.21 bits per heavy atom. The van der Waals surface area contributed by atoms with E-state index in [2.05, 4.69) is 5.32 Å². The second-order valence-corrected chi connectivity index (χ2v) is 10.0. The minimum Gasteiger partial charge on any atom is -0.379 e. The predicted octanol–water partition coefficient (Wildman–Crippen LogP) is 2.72. The number of hydrogen-bond acceptors (Lipinski definition) is 5. The summed E-state index contributed by atoms with van der Waals surface area (Å²) in [7, 11) is -3.51. The van der Waals surface area contributed by atoms with Crippen LogP contribution >= 0.6 is 11.3 Å². The Labute approximate surface area is 168 Å². The molecule has 1 aliphatic rings. The van der Waals surface area contributed by atoms with Crippen molar-refractivity contribution in [1.82, 2.24) is 9.62 Å². The van der Waals surface area contributed by atoms with E-state index < -0.39 is 10.0 Å². The molecule has 0 spiro atoms.